The maximum absolute atomic E-state index is 14.4. The smallest absolute Gasteiger partial charge is 0.247 e. The SMILES string of the molecule is CC[C@@H](C)[C@H](NC)C(=O)N[C@@H](Cc1ccccc1)C(=O)N1CC[C@@H]2Oc3ccc(cc3)/C=C\NC(=O)[C@H]([C@H](C)CC)NC(=O)[C@H]21. The van der Waals surface area contributed by atoms with Crippen molar-refractivity contribution in [1.82, 2.24) is 26.2 Å². The molecular formula is C35H47N5O5. The molecule has 1 saturated heterocycles. The summed E-state index contributed by atoms with van der Waals surface area (Å²) >= 11 is 0. The molecule has 0 unspecified atom stereocenters. The van der Waals surface area contributed by atoms with Crippen molar-refractivity contribution in [1.29, 1.82) is 0 Å². The summed E-state index contributed by atoms with van der Waals surface area (Å²) in [7, 11) is 1.73. The van der Waals surface area contributed by atoms with Gasteiger partial charge in [-0.3, -0.25) is 19.2 Å². The number of likely N-dealkylation sites (tertiary alicyclic amines) is 1. The number of amides is 4. The second-order valence-corrected chi connectivity index (χ2v) is 12.1. The third-order valence-electron chi connectivity index (χ3n) is 9.06. The van der Waals surface area contributed by atoms with Crippen LogP contribution in [0.2, 0.25) is 0 Å². The predicted molar refractivity (Wildman–Crippen MR) is 174 cm³/mol. The van der Waals surface area contributed by atoms with Crippen molar-refractivity contribution in [3.05, 3.63) is 71.9 Å². The lowest BCUT2D eigenvalue weighted by atomic mass is 9.97. The van der Waals surface area contributed by atoms with Gasteiger partial charge in [-0.25, -0.2) is 0 Å². The molecule has 242 valence electrons. The summed E-state index contributed by atoms with van der Waals surface area (Å²) in [5, 5.41) is 11.8. The van der Waals surface area contributed by atoms with Gasteiger partial charge in [0.15, 0.2) is 0 Å². The van der Waals surface area contributed by atoms with Crippen molar-refractivity contribution >= 4 is 29.7 Å². The average molecular weight is 618 g/mol. The van der Waals surface area contributed by atoms with Crippen LogP contribution in [0.5, 0.6) is 5.75 Å². The number of carbonyl (C=O) groups excluding carboxylic acids is 4. The Hall–Kier alpha value is -4.18. The van der Waals surface area contributed by atoms with E-state index in [0.717, 1.165) is 17.5 Å². The molecule has 3 heterocycles. The highest BCUT2D eigenvalue weighted by atomic mass is 16.5. The van der Waals surface area contributed by atoms with Crippen molar-refractivity contribution in [3.63, 3.8) is 0 Å². The third kappa shape index (κ3) is 8.30. The Labute approximate surface area is 266 Å². The first-order valence-electron chi connectivity index (χ1n) is 16.0. The minimum atomic E-state index is -1.01. The first kappa shape index (κ1) is 33.7. The van der Waals surface area contributed by atoms with E-state index in [1.165, 1.54) is 4.90 Å². The zero-order chi connectivity index (χ0) is 32.5. The largest absolute Gasteiger partial charge is 0.488 e. The Morgan fingerprint density at radius 2 is 1.71 bits per heavy atom. The number of hydrogen-bond donors (Lipinski definition) is 4. The number of likely N-dealkylation sites (N-methyl/N-ethyl adjacent to an activating group) is 1. The predicted octanol–water partition coefficient (Wildman–Crippen LogP) is 3.03. The number of nitrogens with zero attached hydrogens (tertiary/aromatic N) is 1. The number of benzene rings is 2. The molecule has 0 radical (unpaired) electrons. The number of ether oxygens (including phenoxy) is 1. The molecule has 0 aromatic heterocycles. The first-order chi connectivity index (χ1) is 21.7. The summed E-state index contributed by atoms with van der Waals surface area (Å²) in [6.45, 7) is 8.12. The molecule has 3 aliphatic heterocycles. The molecule has 2 aromatic rings. The van der Waals surface area contributed by atoms with Crippen LogP contribution in [0.15, 0.2) is 60.8 Å². The van der Waals surface area contributed by atoms with E-state index in [1.54, 1.807) is 31.5 Å². The van der Waals surface area contributed by atoms with Gasteiger partial charge >= 0.3 is 0 Å². The Morgan fingerprint density at radius 1 is 1.00 bits per heavy atom. The average Bonchev–Trinajstić information content (AvgIpc) is 3.47. The highest BCUT2D eigenvalue weighted by molar-refractivity contribution is 5.96. The van der Waals surface area contributed by atoms with Crippen molar-refractivity contribution in [2.75, 3.05) is 13.6 Å². The van der Waals surface area contributed by atoms with Crippen LogP contribution in [0.25, 0.3) is 6.08 Å². The zero-order valence-corrected chi connectivity index (χ0v) is 26.9. The summed E-state index contributed by atoms with van der Waals surface area (Å²) in [5.41, 5.74) is 1.75. The van der Waals surface area contributed by atoms with Crippen molar-refractivity contribution in [3.8, 4) is 5.75 Å². The molecular weight excluding hydrogens is 570 g/mol. The Balaban J connectivity index is 1.69. The van der Waals surface area contributed by atoms with Crippen LogP contribution in [0.1, 0.15) is 58.1 Å². The minimum Gasteiger partial charge on any atom is -0.488 e. The monoisotopic (exact) mass is 617 g/mol. The van der Waals surface area contributed by atoms with Crippen LogP contribution in [-0.2, 0) is 25.6 Å². The molecule has 0 spiro atoms. The molecule has 10 heteroatoms. The second-order valence-electron chi connectivity index (χ2n) is 12.1. The van der Waals surface area contributed by atoms with Gasteiger partial charge < -0.3 is 30.9 Å². The van der Waals surface area contributed by atoms with Gasteiger partial charge in [-0.1, -0.05) is 83.0 Å². The standard InChI is InChI=1S/C35H47N5O5/c1-6-22(3)29(36-5)33(42)38-27(21-25-11-9-8-10-12-25)35(44)40-20-18-28-31(40)34(43)39-30(23(4)7-2)32(41)37-19-17-24-13-15-26(45-28)16-14-24/h8-17,19,22-23,27-31,36H,6-7,18,20-21H2,1-5H3,(H,37,41)(H,38,42)(H,39,43)/b19-17-/t22-,23-,27+,28+,29+,30+,31+/m1/s1. The van der Waals surface area contributed by atoms with E-state index < -0.39 is 36.2 Å². The van der Waals surface area contributed by atoms with Gasteiger partial charge in [0.1, 0.15) is 30.0 Å². The molecule has 1 fully saturated rings. The normalized spacial score (nSPS) is 23.3. The summed E-state index contributed by atoms with van der Waals surface area (Å²) in [6, 6.07) is 13.6. The van der Waals surface area contributed by atoms with E-state index in [2.05, 4.69) is 21.3 Å². The molecule has 2 aromatic carbocycles. The van der Waals surface area contributed by atoms with Gasteiger partial charge in [-0.2, -0.15) is 0 Å². The van der Waals surface area contributed by atoms with Crippen LogP contribution in [0.4, 0.5) is 0 Å². The fourth-order valence-electron chi connectivity index (χ4n) is 5.95. The van der Waals surface area contributed by atoms with Gasteiger partial charge in [0.2, 0.25) is 23.6 Å². The fraction of sp³-hybridized carbons (Fsp3) is 0.486. The zero-order valence-electron chi connectivity index (χ0n) is 26.9. The van der Waals surface area contributed by atoms with Crippen LogP contribution >= 0.6 is 0 Å². The van der Waals surface area contributed by atoms with E-state index in [1.807, 2.05) is 70.2 Å². The molecule has 4 amide bonds. The molecule has 4 N–H and O–H groups in total. The van der Waals surface area contributed by atoms with Crippen LogP contribution < -0.4 is 26.0 Å². The molecule has 7 atom stereocenters. The Bertz CT molecular complexity index is 1350. The summed E-state index contributed by atoms with van der Waals surface area (Å²) < 4.78 is 6.34. The van der Waals surface area contributed by atoms with Gasteiger partial charge in [-0.05, 0) is 48.2 Å². The molecule has 10 nitrogen and oxygen atoms in total. The maximum Gasteiger partial charge on any atom is 0.247 e. The van der Waals surface area contributed by atoms with E-state index in [4.69, 9.17) is 4.74 Å². The third-order valence-corrected chi connectivity index (χ3v) is 9.06. The highest BCUT2D eigenvalue weighted by Gasteiger charge is 2.46. The van der Waals surface area contributed by atoms with Crippen LogP contribution in [-0.4, -0.2) is 72.4 Å². The van der Waals surface area contributed by atoms with Gasteiger partial charge in [0.25, 0.3) is 0 Å². The maximum atomic E-state index is 14.4. The van der Waals surface area contributed by atoms with E-state index >= 15 is 0 Å². The molecule has 45 heavy (non-hydrogen) atoms. The molecule has 0 aliphatic carbocycles. The lowest BCUT2D eigenvalue weighted by Crippen LogP contribution is -2.61. The fourth-order valence-corrected chi connectivity index (χ4v) is 5.95. The first-order valence-corrected chi connectivity index (χ1v) is 16.0. The molecule has 3 aliphatic rings. The van der Waals surface area contributed by atoms with Gasteiger partial charge in [0.05, 0.1) is 6.04 Å². The molecule has 2 bridgehead atoms. The number of nitrogens with one attached hydrogen (secondary N) is 4. The molecule has 5 rings (SSSR count). The summed E-state index contributed by atoms with van der Waals surface area (Å²) in [4.78, 5) is 56.8. The number of fused-ring (bicyclic) bond motifs is 7. The van der Waals surface area contributed by atoms with E-state index in [9.17, 15) is 19.2 Å². The van der Waals surface area contributed by atoms with E-state index in [-0.39, 0.29) is 42.5 Å². The van der Waals surface area contributed by atoms with Crippen LogP contribution in [0, 0.1) is 11.8 Å². The topological polar surface area (TPSA) is 129 Å². The lowest BCUT2D eigenvalue weighted by Gasteiger charge is -2.33. The van der Waals surface area contributed by atoms with Gasteiger partial charge in [-0.15, -0.1) is 0 Å². The van der Waals surface area contributed by atoms with Crippen molar-refractivity contribution in [2.45, 2.75) is 83.6 Å². The number of hydrogen-bond acceptors (Lipinski definition) is 6. The van der Waals surface area contributed by atoms with Crippen molar-refractivity contribution < 1.29 is 23.9 Å². The second kappa shape index (κ2) is 15.7. The number of rotatable bonds is 10. The minimum absolute atomic E-state index is 0.0438. The molecule has 0 saturated carbocycles. The highest BCUT2D eigenvalue weighted by Crippen LogP contribution is 2.27. The summed E-state index contributed by atoms with van der Waals surface area (Å²) in [6.07, 6.45) is 4.79. The van der Waals surface area contributed by atoms with Gasteiger partial charge in [0, 0.05) is 25.6 Å². The number of carbonyl (C=O) groups is 4. The Morgan fingerprint density at radius 3 is 2.36 bits per heavy atom. The van der Waals surface area contributed by atoms with E-state index in [0.29, 0.717) is 18.6 Å². The Kier molecular flexibility index (Phi) is 11.8. The summed E-state index contributed by atoms with van der Waals surface area (Å²) in [5.74, 6) is -1.00. The lowest BCUT2D eigenvalue weighted by molar-refractivity contribution is -0.144. The quantitative estimate of drug-likeness (QED) is 0.325. The van der Waals surface area contributed by atoms with Crippen LogP contribution in [0.3, 0.4) is 0 Å². The van der Waals surface area contributed by atoms with Crippen molar-refractivity contribution in [2.24, 2.45) is 11.8 Å².